The summed E-state index contributed by atoms with van der Waals surface area (Å²) in [6, 6.07) is 0. The molecule has 0 radical (unpaired) electrons. The van der Waals surface area contributed by atoms with Gasteiger partial charge in [0.15, 0.2) is 0 Å². The van der Waals surface area contributed by atoms with Gasteiger partial charge in [0.05, 0.1) is 16.8 Å². The van der Waals surface area contributed by atoms with Crippen LogP contribution in [0.5, 0.6) is 0 Å². The predicted octanol–water partition coefficient (Wildman–Crippen LogP) is 4.29. The maximum Gasteiger partial charge on any atom is 0.487 e. The molecule has 0 saturated carbocycles. The van der Waals surface area contributed by atoms with Crippen LogP contribution in [0.2, 0.25) is 0 Å². The van der Waals surface area contributed by atoms with Crippen LogP contribution in [-0.2, 0) is 9.31 Å². The molecule has 1 fully saturated rings. The van der Waals surface area contributed by atoms with Gasteiger partial charge in [-0.2, -0.15) is 0 Å². The van der Waals surface area contributed by atoms with Crippen LogP contribution < -0.4 is 0 Å². The Morgan fingerprint density at radius 2 is 1.62 bits per heavy atom. The van der Waals surface area contributed by atoms with Gasteiger partial charge in [-0.3, -0.25) is 0 Å². The summed E-state index contributed by atoms with van der Waals surface area (Å²) in [5.74, 6) is 2.00. The van der Waals surface area contributed by atoms with Gasteiger partial charge in [0.25, 0.3) is 0 Å². The molecule has 21 heavy (non-hydrogen) atoms. The third kappa shape index (κ3) is 4.57. The van der Waals surface area contributed by atoms with Gasteiger partial charge in [0, 0.05) is 0 Å². The fourth-order valence-electron chi connectivity index (χ4n) is 2.60. The van der Waals surface area contributed by atoms with E-state index in [0.717, 1.165) is 37.7 Å². The molecule has 3 nitrogen and oxygen atoms in total. The van der Waals surface area contributed by atoms with Gasteiger partial charge in [-0.15, -0.1) is 0 Å². The Labute approximate surface area is 131 Å². The highest BCUT2D eigenvalue weighted by Crippen LogP contribution is 2.38. The van der Waals surface area contributed by atoms with E-state index in [-0.39, 0.29) is 18.3 Å². The Hall–Kier alpha value is -0.315. The van der Waals surface area contributed by atoms with Gasteiger partial charge < -0.3 is 14.4 Å². The van der Waals surface area contributed by atoms with Gasteiger partial charge in [-0.25, -0.2) is 0 Å². The van der Waals surface area contributed by atoms with E-state index >= 15 is 0 Å². The molecule has 122 valence electrons. The fourth-order valence-corrected chi connectivity index (χ4v) is 2.60. The Morgan fingerprint density at radius 1 is 1.10 bits per heavy atom. The average molecular weight is 296 g/mol. The van der Waals surface area contributed by atoms with Gasteiger partial charge >= 0.3 is 7.12 Å². The van der Waals surface area contributed by atoms with Crippen LogP contribution in [0, 0.1) is 0 Å². The van der Waals surface area contributed by atoms with Crippen LogP contribution >= 0.6 is 0 Å². The van der Waals surface area contributed by atoms with E-state index in [1.54, 1.807) is 0 Å². The van der Waals surface area contributed by atoms with E-state index in [1.165, 1.54) is 0 Å². The molecule has 0 aromatic carbocycles. The maximum absolute atomic E-state index is 10.8. The number of rotatable bonds is 7. The Kier molecular flexibility index (Phi) is 6.11. The number of unbranched alkanes of at least 4 members (excludes halogenated alkanes) is 1. The van der Waals surface area contributed by atoms with Gasteiger partial charge in [-0.05, 0) is 53.0 Å². The Bertz CT molecular complexity index is 356. The zero-order chi connectivity index (χ0) is 16.3. The summed E-state index contributed by atoms with van der Waals surface area (Å²) in [7, 11) is -0.371. The van der Waals surface area contributed by atoms with Crippen LogP contribution in [0.3, 0.4) is 0 Å². The van der Waals surface area contributed by atoms with E-state index in [1.807, 2.05) is 12.9 Å². The normalized spacial score (nSPS) is 24.2. The molecule has 0 spiro atoms. The largest absolute Gasteiger partial charge is 0.487 e. The first-order chi connectivity index (χ1) is 9.55. The van der Waals surface area contributed by atoms with Crippen molar-refractivity contribution < 1.29 is 14.4 Å². The summed E-state index contributed by atoms with van der Waals surface area (Å²) in [5.41, 5.74) is -0.395. The molecule has 1 atom stereocenters. The van der Waals surface area contributed by atoms with Crippen LogP contribution in [0.1, 0.15) is 80.6 Å². The molecule has 0 aliphatic carbocycles. The lowest BCUT2D eigenvalue weighted by atomic mass is 9.78. The lowest BCUT2D eigenvalue weighted by molar-refractivity contribution is 0.00578. The molecule has 0 bridgehead atoms. The predicted molar refractivity (Wildman–Crippen MR) is 89.2 cm³/mol. The molecular weight excluding hydrogens is 263 g/mol. The van der Waals surface area contributed by atoms with Crippen molar-refractivity contribution in [1.82, 2.24) is 0 Å². The van der Waals surface area contributed by atoms with Crippen LogP contribution in [0.25, 0.3) is 0 Å². The minimum Gasteiger partial charge on any atom is -0.400 e. The van der Waals surface area contributed by atoms with Crippen molar-refractivity contribution in [3.63, 3.8) is 0 Å². The highest BCUT2D eigenvalue weighted by Gasteiger charge is 2.50. The second kappa shape index (κ2) is 6.85. The van der Waals surface area contributed by atoms with Crippen LogP contribution in [0.15, 0.2) is 11.5 Å². The lowest BCUT2D eigenvalue weighted by Crippen LogP contribution is -2.41. The van der Waals surface area contributed by atoms with E-state index in [0.29, 0.717) is 0 Å². The molecule has 0 amide bonds. The summed E-state index contributed by atoms with van der Waals surface area (Å²) in [6.45, 7) is 14.4. The minimum atomic E-state index is -0.768. The minimum absolute atomic E-state index is 0.333. The van der Waals surface area contributed by atoms with E-state index in [2.05, 4.69) is 41.5 Å². The maximum atomic E-state index is 10.8. The number of hydrogen-bond acceptors (Lipinski definition) is 3. The van der Waals surface area contributed by atoms with E-state index in [4.69, 9.17) is 9.31 Å². The van der Waals surface area contributed by atoms with Crippen molar-refractivity contribution in [1.29, 1.82) is 0 Å². The molecule has 1 rings (SSSR count). The summed E-state index contributed by atoms with van der Waals surface area (Å²) in [6.07, 6.45) is 4.78. The molecule has 0 aromatic rings. The monoisotopic (exact) mass is 296 g/mol. The Balaban J connectivity index is 2.91. The second-order valence-electron chi connectivity index (χ2n) is 7.44. The number of aliphatic hydroxyl groups is 1. The quantitative estimate of drug-likeness (QED) is 0.712. The number of hydrogen-bond donors (Lipinski definition) is 1. The summed E-state index contributed by atoms with van der Waals surface area (Å²) in [5, 5.41) is 10.8. The van der Waals surface area contributed by atoms with Crippen molar-refractivity contribution in [2.75, 3.05) is 0 Å². The van der Waals surface area contributed by atoms with Gasteiger partial charge in [0.1, 0.15) is 0 Å². The van der Waals surface area contributed by atoms with Crippen LogP contribution in [-0.4, -0.2) is 29.0 Å². The van der Waals surface area contributed by atoms with Crippen molar-refractivity contribution in [3.05, 3.63) is 11.5 Å². The zero-order valence-corrected chi connectivity index (χ0v) is 15.0. The SMILES string of the molecule is CCCCC(C)(O)C(=CB1OC(C)(C)C(C)(C)O1)CCC. The standard InChI is InChI=1S/C17H33BO3/c1-8-10-12-17(7,19)14(11-9-2)13-18-20-15(3,4)16(5,6)21-18/h13,19H,8-12H2,1-7H3. The molecule has 1 saturated heterocycles. The smallest absolute Gasteiger partial charge is 0.400 e. The van der Waals surface area contributed by atoms with E-state index in [9.17, 15) is 5.11 Å². The van der Waals surface area contributed by atoms with Crippen molar-refractivity contribution in [2.45, 2.75) is 97.4 Å². The van der Waals surface area contributed by atoms with E-state index < -0.39 is 5.60 Å². The fraction of sp³-hybridized carbons (Fsp3) is 0.882. The van der Waals surface area contributed by atoms with Gasteiger partial charge in [0.2, 0.25) is 0 Å². The Morgan fingerprint density at radius 3 is 2.05 bits per heavy atom. The molecule has 1 aliphatic heterocycles. The molecule has 1 aliphatic rings. The summed E-state index contributed by atoms with van der Waals surface area (Å²) in [4.78, 5) is 0. The summed E-state index contributed by atoms with van der Waals surface area (Å²) >= 11 is 0. The van der Waals surface area contributed by atoms with Gasteiger partial charge in [-0.1, -0.05) is 39.1 Å². The van der Waals surface area contributed by atoms with Crippen molar-refractivity contribution in [2.24, 2.45) is 0 Å². The molecule has 1 N–H and O–H groups in total. The third-order valence-electron chi connectivity index (χ3n) is 4.84. The first kappa shape index (κ1) is 18.7. The molecule has 1 heterocycles. The molecule has 1 unspecified atom stereocenters. The highest BCUT2D eigenvalue weighted by atomic mass is 16.7. The highest BCUT2D eigenvalue weighted by molar-refractivity contribution is 6.51. The molecule has 0 aromatic heterocycles. The first-order valence-corrected chi connectivity index (χ1v) is 8.35. The van der Waals surface area contributed by atoms with Crippen molar-refractivity contribution in [3.8, 4) is 0 Å². The second-order valence-corrected chi connectivity index (χ2v) is 7.44. The lowest BCUT2D eigenvalue weighted by Gasteiger charge is -2.32. The van der Waals surface area contributed by atoms with Crippen molar-refractivity contribution >= 4 is 7.12 Å². The topological polar surface area (TPSA) is 38.7 Å². The average Bonchev–Trinajstić information content (AvgIpc) is 2.54. The third-order valence-corrected chi connectivity index (χ3v) is 4.84. The first-order valence-electron chi connectivity index (χ1n) is 8.35. The summed E-state index contributed by atoms with van der Waals surface area (Å²) < 4.78 is 12.1. The van der Waals surface area contributed by atoms with Crippen LogP contribution in [0.4, 0.5) is 0 Å². The molecular formula is C17H33BO3. The zero-order valence-electron chi connectivity index (χ0n) is 15.0. The molecule has 4 heteroatoms.